The van der Waals surface area contributed by atoms with Gasteiger partial charge >= 0.3 is 6.09 Å². The molecule has 1 amide bonds. The van der Waals surface area contributed by atoms with Crippen LogP contribution in [0.4, 0.5) is 4.79 Å². The molecule has 0 aromatic heterocycles. The number of amides is 1. The second kappa shape index (κ2) is 20.0. The van der Waals surface area contributed by atoms with Crippen molar-refractivity contribution in [1.29, 1.82) is 0 Å². The van der Waals surface area contributed by atoms with E-state index in [-0.39, 0.29) is 18.3 Å². The Morgan fingerprint density at radius 1 is 0.811 bits per heavy atom. The van der Waals surface area contributed by atoms with Gasteiger partial charge in [0.1, 0.15) is 6.10 Å². The molecule has 9 heteroatoms. The molecule has 2 saturated heterocycles. The second-order valence-electron chi connectivity index (χ2n) is 10.8. The number of alkyl carbamates (subject to hydrolysis) is 1. The van der Waals surface area contributed by atoms with E-state index in [2.05, 4.69) is 48.1 Å². The van der Waals surface area contributed by atoms with E-state index < -0.39 is 0 Å². The number of rotatable bonds is 25. The van der Waals surface area contributed by atoms with Gasteiger partial charge in [-0.2, -0.15) is 0 Å². The van der Waals surface area contributed by atoms with Crippen molar-refractivity contribution >= 4 is 6.09 Å². The zero-order chi connectivity index (χ0) is 26.7. The smallest absolute Gasteiger partial charge is 0.407 e. The fraction of sp³-hybridized carbons (Fsp3) is 0.964. The molecule has 9 nitrogen and oxygen atoms in total. The third-order valence-electron chi connectivity index (χ3n) is 6.99. The summed E-state index contributed by atoms with van der Waals surface area (Å²) < 4.78 is 23.2. The van der Waals surface area contributed by atoms with Gasteiger partial charge in [-0.25, -0.2) is 4.79 Å². The predicted octanol–water partition coefficient (Wildman–Crippen LogP) is 3.62. The minimum absolute atomic E-state index is 0.132. The number of nitrogens with zero attached hydrogens (tertiary/aromatic N) is 2. The fourth-order valence-corrected chi connectivity index (χ4v) is 4.18. The summed E-state index contributed by atoms with van der Waals surface area (Å²) in [6.45, 7) is 17.5. The van der Waals surface area contributed by atoms with Crippen LogP contribution in [0.2, 0.25) is 0 Å². The van der Waals surface area contributed by atoms with E-state index in [9.17, 15) is 4.79 Å². The molecule has 2 aliphatic rings. The van der Waals surface area contributed by atoms with E-state index in [1.54, 1.807) is 0 Å². The van der Waals surface area contributed by atoms with Gasteiger partial charge in [0, 0.05) is 58.0 Å². The summed E-state index contributed by atoms with van der Waals surface area (Å²) in [4.78, 5) is 17.0. The van der Waals surface area contributed by atoms with E-state index in [1.165, 1.54) is 6.54 Å². The van der Waals surface area contributed by atoms with Crippen LogP contribution in [0.15, 0.2) is 0 Å². The van der Waals surface area contributed by atoms with Crippen molar-refractivity contribution in [3.05, 3.63) is 0 Å². The lowest BCUT2D eigenvalue weighted by molar-refractivity contribution is -0.0296. The van der Waals surface area contributed by atoms with Gasteiger partial charge in [-0.15, -0.1) is 0 Å². The molecule has 0 bridgehead atoms. The van der Waals surface area contributed by atoms with Crippen LogP contribution in [-0.4, -0.2) is 113 Å². The number of hydrogen-bond donors (Lipinski definition) is 2. The normalized spacial score (nSPS) is 24.0. The van der Waals surface area contributed by atoms with Crippen LogP contribution in [0.5, 0.6) is 0 Å². The van der Waals surface area contributed by atoms with Crippen molar-refractivity contribution < 1.29 is 23.7 Å². The maximum absolute atomic E-state index is 12.2. The molecule has 2 fully saturated rings. The van der Waals surface area contributed by atoms with Crippen LogP contribution in [0.25, 0.3) is 0 Å². The van der Waals surface area contributed by atoms with E-state index in [4.69, 9.17) is 18.9 Å². The molecule has 0 spiro atoms. The zero-order valence-electron chi connectivity index (χ0n) is 24.2. The standard InChI is InChI=1S/C28H56N4O5/c1-5-7-15-34-21-26(19-31-17-24(31)3)36-23-29-13-11-9-10-12-14-30-28(33)37-27(20-32-18-25(32)4)22-35-16-8-6-2/h24-27,29H,5-23H2,1-4H3,(H,30,33). The first-order valence-corrected chi connectivity index (χ1v) is 14.9. The molecule has 0 aromatic carbocycles. The Kier molecular flexibility index (Phi) is 17.4. The zero-order valence-corrected chi connectivity index (χ0v) is 24.2. The predicted molar refractivity (Wildman–Crippen MR) is 148 cm³/mol. The minimum atomic E-state index is -0.331. The molecular formula is C28H56N4O5. The van der Waals surface area contributed by atoms with Crippen molar-refractivity contribution in [3.63, 3.8) is 0 Å². The molecule has 0 radical (unpaired) electrons. The van der Waals surface area contributed by atoms with E-state index in [0.717, 1.165) is 90.8 Å². The summed E-state index contributed by atoms with van der Waals surface area (Å²) in [6.07, 6.45) is 8.26. The topological polar surface area (TPSA) is 84.1 Å². The average molecular weight is 529 g/mol. The highest BCUT2D eigenvalue weighted by Gasteiger charge is 2.33. The Labute approximate surface area is 226 Å². The van der Waals surface area contributed by atoms with Gasteiger partial charge in [-0.1, -0.05) is 39.5 Å². The van der Waals surface area contributed by atoms with Gasteiger partial charge in [0.25, 0.3) is 0 Å². The van der Waals surface area contributed by atoms with Gasteiger partial charge in [0.2, 0.25) is 0 Å². The number of nitrogens with one attached hydrogen (secondary N) is 2. The number of hydrogen-bond acceptors (Lipinski definition) is 8. The SMILES string of the molecule is CCCCOCC(CN1CC1C)OCNCCCCCCNC(=O)OC(COCCCC)CN1CC1C. The molecule has 2 rings (SSSR count). The Balaban J connectivity index is 1.44. The highest BCUT2D eigenvalue weighted by Crippen LogP contribution is 2.18. The third kappa shape index (κ3) is 16.6. The first-order chi connectivity index (χ1) is 18.0. The molecule has 2 heterocycles. The highest BCUT2D eigenvalue weighted by atomic mass is 16.6. The number of carbonyl (C=O) groups is 1. The molecule has 0 aromatic rings. The lowest BCUT2D eigenvalue weighted by Crippen LogP contribution is -2.36. The third-order valence-corrected chi connectivity index (χ3v) is 6.99. The number of ether oxygens (including phenoxy) is 4. The Hall–Kier alpha value is -0.970. The van der Waals surface area contributed by atoms with Gasteiger partial charge in [-0.3, -0.25) is 15.1 Å². The molecule has 6 unspecified atom stereocenters. The Morgan fingerprint density at radius 3 is 1.92 bits per heavy atom. The average Bonchev–Trinajstić information content (AvgIpc) is 3.78. The lowest BCUT2D eigenvalue weighted by Gasteiger charge is -2.19. The van der Waals surface area contributed by atoms with Crippen LogP contribution in [-0.2, 0) is 18.9 Å². The van der Waals surface area contributed by atoms with Crippen LogP contribution in [0.1, 0.15) is 79.1 Å². The first kappa shape index (κ1) is 32.2. The first-order valence-electron chi connectivity index (χ1n) is 14.9. The van der Waals surface area contributed by atoms with Gasteiger partial charge < -0.3 is 24.3 Å². The molecular weight excluding hydrogens is 472 g/mol. The molecule has 37 heavy (non-hydrogen) atoms. The Morgan fingerprint density at radius 2 is 1.35 bits per heavy atom. The number of unbranched alkanes of at least 4 members (excludes halogenated alkanes) is 5. The number of carbonyl (C=O) groups excluding carboxylic acids is 1. The van der Waals surface area contributed by atoms with Crippen LogP contribution < -0.4 is 10.6 Å². The van der Waals surface area contributed by atoms with Crippen molar-refractivity contribution in [2.75, 3.05) is 72.4 Å². The van der Waals surface area contributed by atoms with E-state index >= 15 is 0 Å². The molecule has 6 atom stereocenters. The minimum Gasteiger partial charge on any atom is -0.442 e. The lowest BCUT2D eigenvalue weighted by atomic mass is 10.2. The Bertz CT molecular complexity index is 585. The van der Waals surface area contributed by atoms with Gasteiger partial charge in [-0.05, 0) is 46.1 Å². The highest BCUT2D eigenvalue weighted by molar-refractivity contribution is 5.67. The van der Waals surface area contributed by atoms with Crippen LogP contribution >= 0.6 is 0 Å². The quantitative estimate of drug-likeness (QED) is 0.106. The largest absolute Gasteiger partial charge is 0.442 e. The van der Waals surface area contributed by atoms with Crippen LogP contribution in [0, 0.1) is 0 Å². The molecule has 2 N–H and O–H groups in total. The maximum atomic E-state index is 12.2. The van der Waals surface area contributed by atoms with E-state index in [0.29, 0.717) is 38.6 Å². The summed E-state index contributed by atoms with van der Waals surface area (Å²) in [5.74, 6) is 0. The summed E-state index contributed by atoms with van der Waals surface area (Å²) in [6, 6.07) is 1.27. The fourth-order valence-electron chi connectivity index (χ4n) is 4.18. The molecule has 218 valence electrons. The molecule has 0 aliphatic carbocycles. The maximum Gasteiger partial charge on any atom is 0.407 e. The monoisotopic (exact) mass is 528 g/mol. The summed E-state index contributed by atoms with van der Waals surface area (Å²) in [7, 11) is 0. The van der Waals surface area contributed by atoms with Crippen molar-refractivity contribution in [3.8, 4) is 0 Å². The second-order valence-corrected chi connectivity index (χ2v) is 10.8. The van der Waals surface area contributed by atoms with Gasteiger partial charge in [0.15, 0.2) is 0 Å². The van der Waals surface area contributed by atoms with Crippen molar-refractivity contribution in [2.45, 2.75) is 103 Å². The van der Waals surface area contributed by atoms with Crippen molar-refractivity contribution in [2.24, 2.45) is 0 Å². The summed E-state index contributed by atoms with van der Waals surface area (Å²) in [5.41, 5.74) is 0. The summed E-state index contributed by atoms with van der Waals surface area (Å²) >= 11 is 0. The summed E-state index contributed by atoms with van der Waals surface area (Å²) in [5, 5.41) is 6.30. The van der Waals surface area contributed by atoms with Crippen LogP contribution in [0.3, 0.4) is 0 Å². The van der Waals surface area contributed by atoms with Gasteiger partial charge in [0.05, 0.1) is 26.0 Å². The van der Waals surface area contributed by atoms with Crippen molar-refractivity contribution in [1.82, 2.24) is 20.4 Å². The van der Waals surface area contributed by atoms with E-state index in [1.807, 2.05) is 0 Å². The molecule has 0 saturated carbocycles. The molecule has 2 aliphatic heterocycles.